The smallest absolute Gasteiger partial charge is 0.410 e. The normalized spacial score (nSPS) is 17.6. The van der Waals surface area contributed by atoms with Gasteiger partial charge < -0.3 is 14.5 Å². The summed E-state index contributed by atoms with van der Waals surface area (Å²) in [5.74, 6) is 1.11. The first kappa shape index (κ1) is 17.2. The Bertz CT molecular complexity index is 292. The van der Waals surface area contributed by atoms with Crippen LogP contribution in [0.3, 0.4) is 0 Å². The Hall–Kier alpha value is -0.810. The fraction of sp³-hybridized carbons (Fsp3) is 0.933. The number of nitrogens with one attached hydrogen (secondary N) is 1. The molecule has 0 radical (unpaired) electrons. The topological polar surface area (TPSA) is 50.8 Å². The van der Waals surface area contributed by atoms with Crippen molar-refractivity contribution in [1.29, 1.82) is 0 Å². The van der Waals surface area contributed by atoms with E-state index in [0.717, 1.165) is 39.1 Å². The van der Waals surface area contributed by atoms with Crippen LogP contribution in [0.4, 0.5) is 4.79 Å². The maximum atomic E-state index is 11.9. The molecule has 0 aromatic heterocycles. The minimum absolute atomic E-state index is 0.194. The van der Waals surface area contributed by atoms with Crippen molar-refractivity contribution in [3.8, 4) is 0 Å². The van der Waals surface area contributed by atoms with Crippen molar-refractivity contribution >= 4 is 6.09 Å². The molecule has 0 spiro atoms. The predicted molar refractivity (Wildman–Crippen MR) is 79.3 cm³/mol. The van der Waals surface area contributed by atoms with E-state index in [1.165, 1.54) is 0 Å². The average molecular weight is 286 g/mol. The first-order chi connectivity index (χ1) is 9.28. The number of rotatable bonds is 5. The first-order valence-electron chi connectivity index (χ1n) is 7.60. The van der Waals surface area contributed by atoms with E-state index in [0.29, 0.717) is 11.8 Å². The molecule has 1 heterocycles. The molecule has 1 fully saturated rings. The number of hydroxylamine groups is 1. The molecule has 5 nitrogen and oxygen atoms in total. The summed E-state index contributed by atoms with van der Waals surface area (Å²) in [6.07, 6.45) is 1.80. The first-order valence-corrected chi connectivity index (χ1v) is 7.60. The van der Waals surface area contributed by atoms with E-state index in [1.807, 2.05) is 20.8 Å². The van der Waals surface area contributed by atoms with Crippen molar-refractivity contribution in [2.75, 3.05) is 26.2 Å². The van der Waals surface area contributed by atoms with Gasteiger partial charge in [-0.25, -0.2) is 10.3 Å². The van der Waals surface area contributed by atoms with Gasteiger partial charge in [0.2, 0.25) is 0 Å². The molecule has 0 saturated carbocycles. The van der Waals surface area contributed by atoms with Gasteiger partial charge >= 0.3 is 6.09 Å². The van der Waals surface area contributed by atoms with E-state index in [1.54, 1.807) is 4.90 Å². The van der Waals surface area contributed by atoms with Crippen molar-refractivity contribution in [2.45, 2.75) is 53.1 Å². The minimum atomic E-state index is -0.416. The van der Waals surface area contributed by atoms with Gasteiger partial charge in [-0.05, 0) is 45.4 Å². The maximum Gasteiger partial charge on any atom is 0.410 e. The molecule has 0 aliphatic carbocycles. The van der Waals surface area contributed by atoms with Crippen LogP contribution < -0.4 is 5.48 Å². The number of hydrogen-bond acceptors (Lipinski definition) is 4. The molecular weight excluding hydrogens is 256 g/mol. The van der Waals surface area contributed by atoms with Gasteiger partial charge in [-0.2, -0.15) is 0 Å². The highest BCUT2D eigenvalue weighted by molar-refractivity contribution is 5.68. The highest BCUT2D eigenvalue weighted by Gasteiger charge is 2.26. The molecule has 0 atom stereocenters. The minimum Gasteiger partial charge on any atom is -0.444 e. The monoisotopic (exact) mass is 286 g/mol. The van der Waals surface area contributed by atoms with E-state index in [-0.39, 0.29) is 6.09 Å². The lowest BCUT2D eigenvalue weighted by molar-refractivity contribution is 0.00236. The van der Waals surface area contributed by atoms with Crippen molar-refractivity contribution in [2.24, 2.45) is 11.8 Å². The molecule has 1 N–H and O–H groups in total. The second-order valence-electron chi connectivity index (χ2n) is 6.96. The molecule has 1 saturated heterocycles. The van der Waals surface area contributed by atoms with E-state index >= 15 is 0 Å². The van der Waals surface area contributed by atoms with E-state index < -0.39 is 5.60 Å². The number of hydrogen-bond donors (Lipinski definition) is 1. The summed E-state index contributed by atoms with van der Waals surface area (Å²) in [5.41, 5.74) is 2.62. The summed E-state index contributed by atoms with van der Waals surface area (Å²) in [4.78, 5) is 19.1. The summed E-state index contributed by atoms with van der Waals surface area (Å²) < 4.78 is 5.38. The molecule has 0 aromatic carbocycles. The van der Waals surface area contributed by atoms with Gasteiger partial charge in [-0.15, -0.1) is 0 Å². The van der Waals surface area contributed by atoms with Crippen LogP contribution in [0.1, 0.15) is 47.5 Å². The van der Waals surface area contributed by atoms with Crippen molar-refractivity contribution in [1.82, 2.24) is 10.4 Å². The van der Waals surface area contributed by atoms with Crippen LogP contribution in [0.5, 0.6) is 0 Å². The van der Waals surface area contributed by atoms with Crippen molar-refractivity contribution in [3.05, 3.63) is 0 Å². The molecule has 118 valence electrons. The lowest BCUT2D eigenvalue weighted by Crippen LogP contribution is -2.43. The second-order valence-corrected chi connectivity index (χ2v) is 6.96. The Labute approximate surface area is 122 Å². The van der Waals surface area contributed by atoms with E-state index in [9.17, 15) is 4.79 Å². The SMILES string of the molecule is CC(C)CONCC1CCN(C(=O)OC(C)(C)C)CC1. The molecule has 5 heteroatoms. The molecule has 0 aromatic rings. The van der Waals surface area contributed by atoms with Gasteiger partial charge in [0.05, 0.1) is 6.61 Å². The van der Waals surface area contributed by atoms with Gasteiger partial charge in [0.1, 0.15) is 5.60 Å². The summed E-state index contributed by atoms with van der Waals surface area (Å²) in [5, 5.41) is 0. The van der Waals surface area contributed by atoms with E-state index in [2.05, 4.69) is 19.3 Å². The van der Waals surface area contributed by atoms with Crippen LogP contribution in [0.2, 0.25) is 0 Å². The molecule has 0 unspecified atom stereocenters. The fourth-order valence-electron chi connectivity index (χ4n) is 2.05. The lowest BCUT2D eigenvalue weighted by Gasteiger charge is -2.33. The summed E-state index contributed by atoms with van der Waals surface area (Å²) in [6.45, 7) is 13.1. The third kappa shape index (κ3) is 7.10. The number of piperidine rings is 1. The lowest BCUT2D eigenvalue weighted by atomic mass is 9.97. The second kappa shape index (κ2) is 7.84. The maximum absolute atomic E-state index is 11.9. The summed E-state index contributed by atoms with van der Waals surface area (Å²) in [7, 11) is 0. The van der Waals surface area contributed by atoms with E-state index in [4.69, 9.17) is 9.57 Å². The zero-order chi connectivity index (χ0) is 15.2. The highest BCUT2D eigenvalue weighted by Crippen LogP contribution is 2.19. The molecule has 1 aliphatic heterocycles. The Morgan fingerprint density at radius 2 is 1.90 bits per heavy atom. The predicted octanol–water partition coefficient (Wildman–Crippen LogP) is 2.81. The van der Waals surface area contributed by atoms with Gasteiger partial charge in [-0.1, -0.05) is 13.8 Å². The van der Waals surface area contributed by atoms with Gasteiger partial charge in [0.25, 0.3) is 0 Å². The fourth-order valence-corrected chi connectivity index (χ4v) is 2.05. The molecule has 0 bridgehead atoms. The van der Waals surface area contributed by atoms with Gasteiger partial charge in [0, 0.05) is 19.6 Å². The van der Waals surface area contributed by atoms with Gasteiger partial charge in [-0.3, -0.25) is 0 Å². The van der Waals surface area contributed by atoms with Crippen LogP contribution in [0.15, 0.2) is 0 Å². The van der Waals surface area contributed by atoms with Crippen LogP contribution in [-0.2, 0) is 9.57 Å². The number of ether oxygens (including phenoxy) is 1. The highest BCUT2D eigenvalue weighted by atomic mass is 16.6. The van der Waals surface area contributed by atoms with Crippen LogP contribution in [-0.4, -0.2) is 42.8 Å². The Balaban J connectivity index is 2.18. The third-order valence-corrected chi connectivity index (χ3v) is 3.16. The summed E-state index contributed by atoms with van der Waals surface area (Å²) >= 11 is 0. The molecule has 1 amide bonds. The number of amides is 1. The average Bonchev–Trinajstić information content (AvgIpc) is 2.33. The third-order valence-electron chi connectivity index (χ3n) is 3.16. The van der Waals surface area contributed by atoms with Crippen molar-refractivity contribution in [3.63, 3.8) is 0 Å². The van der Waals surface area contributed by atoms with Gasteiger partial charge in [0.15, 0.2) is 0 Å². The number of carbonyl (C=O) groups is 1. The quantitative estimate of drug-likeness (QED) is 0.624. The molecule has 1 rings (SSSR count). The standard InChI is InChI=1S/C15H30N2O3/c1-12(2)11-19-16-10-13-6-8-17(9-7-13)14(18)20-15(3,4)5/h12-13,16H,6-11H2,1-5H3. The number of likely N-dealkylation sites (tertiary alicyclic amines) is 1. The van der Waals surface area contributed by atoms with Crippen LogP contribution >= 0.6 is 0 Å². The Kier molecular flexibility index (Phi) is 6.76. The van der Waals surface area contributed by atoms with Crippen LogP contribution in [0, 0.1) is 11.8 Å². The molecule has 20 heavy (non-hydrogen) atoms. The largest absolute Gasteiger partial charge is 0.444 e. The number of carbonyl (C=O) groups excluding carboxylic acids is 1. The number of nitrogens with zero attached hydrogens (tertiary/aromatic N) is 1. The zero-order valence-corrected chi connectivity index (χ0v) is 13.6. The van der Waals surface area contributed by atoms with Crippen LogP contribution in [0.25, 0.3) is 0 Å². The Morgan fingerprint density at radius 1 is 1.30 bits per heavy atom. The molecule has 1 aliphatic rings. The Morgan fingerprint density at radius 3 is 2.40 bits per heavy atom. The summed E-state index contributed by atoms with van der Waals surface area (Å²) in [6, 6.07) is 0. The van der Waals surface area contributed by atoms with Crippen molar-refractivity contribution < 1.29 is 14.4 Å². The molecular formula is C15H30N2O3. The zero-order valence-electron chi connectivity index (χ0n) is 13.6.